The fraction of sp³-hybridized carbons (Fsp3) is 0.0417. The summed E-state index contributed by atoms with van der Waals surface area (Å²) in [6, 6.07) is 25.6. The minimum absolute atomic E-state index is 0.307. The third kappa shape index (κ3) is 4.96. The predicted molar refractivity (Wildman–Crippen MR) is 122 cm³/mol. The van der Waals surface area contributed by atoms with Crippen LogP contribution in [0.25, 0.3) is 16.9 Å². The van der Waals surface area contributed by atoms with E-state index in [1.54, 1.807) is 35.1 Å². The van der Waals surface area contributed by atoms with Crippen molar-refractivity contribution in [2.75, 3.05) is 6.61 Å². The van der Waals surface area contributed by atoms with Gasteiger partial charge in [-0.1, -0.05) is 72.3 Å². The van der Waals surface area contributed by atoms with Crippen LogP contribution in [0.1, 0.15) is 10.4 Å². The van der Waals surface area contributed by atoms with E-state index in [0.717, 1.165) is 11.3 Å². The van der Waals surface area contributed by atoms with Crippen LogP contribution in [0.5, 0.6) is 5.75 Å². The van der Waals surface area contributed by atoms with Crippen molar-refractivity contribution in [2.45, 2.75) is 0 Å². The maximum Gasteiger partial charge on any atom is 0.276 e. The van der Waals surface area contributed by atoms with Crippen molar-refractivity contribution in [3.05, 3.63) is 102 Å². The fourth-order valence-electron chi connectivity index (χ4n) is 3.00. The van der Waals surface area contributed by atoms with Crippen LogP contribution >= 0.6 is 11.6 Å². The minimum Gasteiger partial charge on any atom is -0.482 e. The third-order valence-electron chi connectivity index (χ3n) is 4.54. The number of aromatic nitrogens is 2. The van der Waals surface area contributed by atoms with Crippen LogP contribution in [0.4, 0.5) is 0 Å². The zero-order valence-corrected chi connectivity index (χ0v) is 17.6. The van der Waals surface area contributed by atoms with Gasteiger partial charge in [-0.25, -0.2) is 4.68 Å². The van der Waals surface area contributed by atoms with Crippen LogP contribution in [0.2, 0.25) is 5.02 Å². The largest absolute Gasteiger partial charge is 0.482 e. The molecule has 32 heavy (non-hydrogen) atoms. The van der Waals surface area contributed by atoms with E-state index < -0.39 is 11.8 Å². The monoisotopic (exact) mass is 446 g/mol. The molecule has 0 spiro atoms. The molecule has 160 valence electrons. The molecule has 0 bridgehead atoms. The second kappa shape index (κ2) is 9.80. The topological polar surface area (TPSA) is 85.3 Å². The second-order valence-electron chi connectivity index (χ2n) is 6.76. The molecule has 2 N–H and O–H groups in total. The average molecular weight is 447 g/mol. The number of carbonyl (C=O) groups excluding carboxylic acids is 2. The molecular formula is C24H19ClN4O3. The molecule has 0 atom stereocenters. The van der Waals surface area contributed by atoms with Crippen LogP contribution < -0.4 is 15.6 Å². The molecule has 1 aromatic heterocycles. The summed E-state index contributed by atoms with van der Waals surface area (Å²) in [6.07, 6.45) is 1.62. The highest BCUT2D eigenvalue weighted by atomic mass is 35.5. The maximum atomic E-state index is 12.9. The molecule has 2 amide bonds. The Morgan fingerprint density at radius 1 is 0.875 bits per heavy atom. The van der Waals surface area contributed by atoms with Crippen LogP contribution in [-0.4, -0.2) is 28.2 Å². The van der Waals surface area contributed by atoms with Gasteiger partial charge in [-0.15, -0.1) is 0 Å². The lowest BCUT2D eigenvalue weighted by molar-refractivity contribution is -0.123. The number of amides is 2. The zero-order valence-electron chi connectivity index (χ0n) is 16.9. The number of benzene rings is 3. The van der Waals surface area contributed by atoms with E-state index in [4.69, 9.17) is 16.3 Å². The SMILES string of the molecule is O=C(COc1ccccc1Cl)NNC(=O)c1cn(-c2ccccc2)nc1-c1ccccc1. The van der Waals surface area contributed by atoms with E-state index in [1.165, 1.54) is 0 Å². The molecule has 0 saturated heterocycles. The van der Waals surface area contributed by atoms with E-state index in [9.17, 15) is 9.59 Å². The Hall–Kier alpha value is -4.10. The number of hydrazine groups is 1. The van der Waals surface area contributed by atoms with Gasteiger partial charge in [0, 0.05) is 11.8 Å². The van der Waals surface area contributed by atoms with Gasteiger partial charge in [-0.2, -0.15) is 5.10 Å². The predicted octanol–water partition coefficient (Wildman–Crippen LogP) is 4.03. The van der Waals surface area contributed by atoms with Gasteiger partial charge < -0.3 is 4.74 Å². The first-order valence-corrected chi connectivity index (χ1v) is 10.2. The lowest BCUT2D eigenvalue weighted by atomic mass is 10.1. The summed E-state index contributed by atoms with van der Waals surface area (Å²) in [4.78, 5) is 25.0. The standard InChI is InChI=1S/C24H19ClN4O3/c25-20-13-7-8-14-21(20)32-16-22(30)26-27-24(31)19-15-29(18-11-5-2-6-12-18)28-23(19)17-9-3-1-4-10-17/h1-15H,16H2,(H,26,30)(H,27,31). The first-order chi connectivity index (χ1) is 15.6. The Balaban J connectivity index is 1.48. The van der Waals surface area contributed by atoms with Crippen LogP contribution in [0.3, 0.4) is 0 Å². The van der Waals surface area contributed by atoms with Crippen molar-refractivity contribution in [1.82, 2.24) is 20.6 Å². The summed E-state index contributed by atoms with van der Waals surface area (Å²) < 4.78 is 7.00. The lowest BCUT2D eigenvalue weighted by Gasteiger charge is -2.09. The quantitative estimate of drug-likeness (QED) is 0.438. The highest BCUT2D eigenvalue weighted by Gasteiger charge is 2.19. The van der Waals surface area contributed by atoms with Gasteiger partial charge in [0.2, 0.25) is 0 Å². The summed E-state index contributed by atoms with van der Waals surface area (Å²) >= 11 is 6.01. The average Bonchev–Trinajstić information content (AvgIpc) is 3.29. The number of ether oxygens (including phenoxy) is 1. The van der Waals surface area contributed by atoms with Crippen molar-refractivity contribution in [3.8, 4) is 22.7 Å². The highest BCUT2D eigenvalue weighted by Crippen LogP contribution is 2.24. The number of hydrogen-bond acceptors (Lipinski definition) is 4. The number of nitrogens with zero attached hydrogens (tertiary/aromatic N) is 2. The zero-order chi connectivity index (χ0) is 22.3. The Kier molecular flexibility index (Phi) is 6.48. The summed E-state index contributed by atoms with van der Waals surface area (Å²) in [7, 11) is 0. The Morgan fingerprint density at radius 2 is 1.53 bits per heavy atom. The number of nitrogens with one attached hydrogen (secondary N) is 2. The van der Waals surface area contributed by atoms with Crippen molar-refractivity contribution < 1.29 is 14.3 Å². The number of carbonyl (C=O) groups is 2. The van der Waals surface area contributed by atoms with Crippen molar-refractivity contribution >= 4 is 23.4 Å². The second-order valence-corrected chi connectivity index (χ2v) is 7.17. The third-order valence-corrected chi connectivity index (χ3v) is 4.85. The van der Waals surface area contributed by atoms with E-state index >= 15 is 0 Å². The molecule has 0 unspecified atom stereocenters. The fourth-order valence-corrected chi connectivity index (χ4v) is 3.19. The van der Waals surface area contributed by atoms with Crippen LogP contribution in [-0.2, 0) is 4.79 Å². The molecule has 0 radical (unpaired) electrons. The molecule has 0 saturated carbocycles. The summed E-state index contributed by atoms with van der Waals surface area (Å²) in [5.41, 5.74) is 7.17. The maximum absolute atomic E-state index is 12.9. The van der Waals surface area contributed by atoms with E-state index in [1.807, 2.05) is 60.7 Å². The van der Waals surface area contributed by atoms with Gasteiger partial charge in [0.25, 0.3) is 11.8 Å². The minimum atomic E-state index is -0.532. The molecule has 4 rings (SSSR count). The molecule has 3 aromatic carbocycles. The molecule has 0 aliphatic heterocycles. The highest BCUT2D eigenvalue weighted by molar-refractivity contribution is 6.32. The Bertz CT molecular complexity index is 1230. The first kappa shape index (κ1) is 21.1. The Labute approximate surface area is 189 Å². The van der Waals surface area contributed by atoms with Gasteiger partial charge >= 0.3 is 0 Å². The van der Waals surface area contributed by atoms with Gasteiger partial charge in [0.1, 0.15) is 11.4 Å². The van der Waals surface area contributed by atoms with Crippen LogP contribution in [0.15, 0.2) is 91.1 Å². The van der Waals surface area contributed by atoms with E-state index in [2.05, 4.69) is 16.0 Å². The van der Waals surface area contributed by atoms with E-state index in [-0.39, 0.29) is 6.61 Å². The molecular weight excluding hydrogens is 428 g/mol. The molecule has 1 heterocycles. The van der Waals surface area contributed by atoms with Crippen molar-refractivity contribution in [1.29, 1.82) is 0 Å². The smallest absolute Gasteiger partial charge is 0.276 e. The van der Waals surface area contributed by atoms with Crippen molar-refractivity contribution in [2.24, 2.45) is 0 Å². The summed E-state index contributed by atoms with van der Waals surface area (Å²) in [5.74, 6) is -0.654. The molecule has 7 nitrogen and oxygen atoms in total. The summed E-state index contributed by atoms with van der Waals surface area (Å²) in [6.45, 7) is -0.307. The number of rotatable bonds is 6. The molecule has 0 fully saturated rings. The summed E-state index contributed by atoms with van der Waals surface area (Å²) in [5, 5.41) is 4.98. The molecule has 0 aliphatic rings. The number of halogens is 1. The molecule has 4 aromatic rings. The normalized spacial score (nSPS) is 10.4. The number of para-hydroxylation sites is 2. The van der Waals surface area contributed by atoms with Gasteiger partial charge in [-0.05, 0) is 24.3 Å². The van der Waals surface area contributed by atoms with E-state index in [0.29, 0.717) is 22.0 Å². The Morgan fingerprint density at radius 3 is 2.25 bits per heavy atom. The molecule has 8 heteroatoms. The van der Waals surface area contributed by atoms with Gasteiger partial charge in [0.05, 0.1) is 16.3 Å². The first-order valence-electron chi connectivity index (χ1n) is 9.79. The van der Waals surface area contributed by atoms with Crippen molar-refractivity contribution in [3.63, 3.8) is 0 Å². The van der Waals surface area contributed by atoms with Gasteiger partial charge in [-0.3, -0.25) is 20.4 Å². The molecule has 0 aliphatic carbocycles. The van der Waals surface area contributed by atoms with Gasteiger partial charge in [0.15, 0.2) is 6.61 Å². The lowest BCUT2D eigenvalue weighted by Crippen LogP contribution is -2.43. The van der Waals surface area contributed by atoms with Crippen LogP contribution in [0, 0.1) is 0 Å². The number of hydrogen-bond donors (Lipinski definition) is 2.